The molecule has 0 unspecified atom stereocenters. The molecule has 0 atom stereocenters. The van der Waals surface area contributed by atoms with Crippen molar-refractivity contribution >= 4 is 5.71 Å². The third-order valence-electron chi connectivity index (χ3n) is 1.09. The molecule has 2 nitrogen and oxygen atoms in total. The molecule has 9 heavy (non-hydrogen) atoms. The fourth-order valence-corrected chi connectivity index (χ4v) is 0.418. The van der Waals surface area contributed by atoms with Crippen LogP contribution in [0.3, 0.4) is 0 Å². The second-order valence-corrected chi connectivity index (χ2v) is 1.82. The van der Waals surface area contributed by atoms with Crippen molar-refractivity contribution in [2.24, 2.45) is 4.99 Å². The highest BCUT2D eigenvalue weighted by atomic mass is 16.5. The van der Waals surface area contributed by atoms with E-state index in [2.05, 4.69) is 4.99 Å². The number of hydrogen-bond acceptors (Lipinski definition) is 2. The summed E-state index contributed by atoms with van der Waals surface area (Å²) in [4.78, 5) is 3.94. The molecule has 52 valence electrons. The SMILES string of the molecule is CN=C(C)C=C(C)OC. The van der Waals surface area contributed by atoms with Crippen LogP contribution in [-0.2, 0) is 4.74 Å². The second-order valence-electron chi connectivity index (χ2n) is 1.82. The molecule has 0 rings (SSSR count). The zero-order valence-electron chi connectivity index (χ0n) is 6.43. The van der Waals surface area contributed by atoms with Gasteiger partial charge in [0.25, 0.3) is 0 Å². The molecule has 0 aromatic heterocycles. The van der Waals surface area contributed by atoms with E-state index < -0.39 is 0 Å². The minimum atomic E-state index is 0.887. The van der Waals surface area contributed by atoms with E-state index in [0.717, 1.165) is 11.5 Å². The Morgan fingerprint density at radius 2 is 2.00 bits per heavy atom. The van der Waals surface area contributed by atoms with Crippen LogP contribution < -0.4 is 0 Å². The highest BCUT2D eigenvalue weighted by molar-refractivity contribution is 5.92. The van der Waals surface area contributed by atoms with Gasteiger partial charge in [0.15, 0.2) is 0 Å². The summed E-state index contributed by atoms with van der Waals surface area (Å²) in [5.74, 6) is 0.887. The van der Waals surface area contributed by atoms with Gasteiger partial charge in [0.2, 0.25) is 0 Å². The van der Waals surface area contributed by atoms with E-state index in [4.69, 9.17) is 4.74 Å². The molecule has 0 fully saturated rings. The molecule has 0 heterocycles. The lowest BCUT2D eigenvalue weighted by Gasteiger charge is -1.96. The van der Waals surface area contributed by atoms with Gasteiger partial charge in [0.05, 0.1) is 12.9 Å². The van der Waals surface area contributed by atoms with Crippen molar-refractivity contribution in [3.63, 3.8) is 0 Å². The molecule has 0 aromatic rings. The van der Waals surface area contributed by atoms with E-state index in [1.165, 1.54) is 0 Å². The number of aliphatic imine (C=N–C) groups is 1. The second kappa shape index (κ2) is 4.13. The molecule has 0 N–H and O–H groups in total. The predicted molar refractivity (Wildman–Crippen MR) is 39.8 cm³/mol. The number of ether oxygens (including phenoxy) is 1. The van der Waals surface area contributed by atoms with Crippen molar-refractivity contribution < 1.29 is 4.74 Å². The van der Waals surface area contributed by atoms with Crippen LogP contribution in [0.5, 0.6) is 0 Å². The maximum atomic E-state index is 4.90. The molecule has 0 amide bonds. The summed E-state index contributed by atoms with van der Waals surface area (Å²) in [5.41, 5.74) is 0.981. The van der Waals surface area contributed by atoms with Crippen molar-refractivity contribution in [1.29, 1.82) is 0 Å². The third-order valence-corrected chi connectivity index (χ3v) is 1.09. The van der Waals surface area contributed by atoms with Crippen LogP contribution in [0.15, 0.2) is 16.8 Å². The van der Waals surface area contributed by atoms with E-state index in [-0.39, 0.29) is 0 Å². The van der Waals surface area contributed by atoms with E-state index in [9.17, 15) is 0 Å². The minimum absolute atomic E-state index is 0.887. The van der Waals surface area contributed by atoms with Crippen molar-refractivity contribution in [2.45, 2.75) is 13.8 Å². The smallest absolute Gasteiger partial charge is 0.0942 e. The van der Waals surface area contributed by atoms with E-state index in [1.54, 1.807) is 14.2 Å². The minimum Gasteiger partial charge on any atom is -0.501 e. The summed E-state index contributed by atoms with van der Waals surface area (Å²) in [7, 11) is 3.41. The highest BCUT2D eigenvalue weighted by Gasteiger charge is 1.84. The molecule has 0 bridgehead atoms. The lowest BCUT2D eigenvalue weighted by molar-refractivity contribution is 0.294. The molecule has 0 aliphatic carbocycles. The van der Waals surface area contributed by atoms with Gasteiger partial charge in [-0.15, -0.1) is 0 Å². The first-order valence-corrected chi connectivity index (χ1v) is 2.86. The molecular formula is C7H13NO. The van der Waals surface area contributed by atoms with Gasteiger partial charge in [-0.2, -0.15) is 0 Å². The first-order chi connectivity index (χ1) is 4.20. The van der Waals surface area contributed by atoms with E-state index in [0.29, 0.717) is 0 Å². The lowest BCUT2D eigenvalue weighted by atomic mass is 10.3. The first kappa shape index (κ1) is 8.21. The summed E-state index contributed by atoms with van der Waals surface area (Å²) in [6.07, 6.45) is 1.89. The first-order valence-electron chi connectivity index (χ1n) is 2.86. The van der Waals surface area contributed by atoms with Crippen LogP contribution in [-0.4, -0.2) is 19.9 Å². The Balaban J connectivity index is 3.95. The maximum absolute atomic E-state index is 4.90. The highest BCUT2D eigenvalue weighted by Crippen LogP contribution is 1.92. The summed E-state index contributed by atoms with van der Waals surface area (Å²) in [6.45, 7) is 3.83. The van der Waals surface area contributed by atoms with Crippen molar-refractivity contribution in [3.05, 3.63) is 11.8 Å². The fraction of sp³-hybridized carbons (Fsp3) is 0.571. The van der Waals surface area contributed by atoms with E-state index >= 15 is 0 Å². The number of nitrogens with zero attached hydrogens (tertiary/aromatic N) is 1. The molecule has 0 radical (unpaired) electrons. The fourth-order valence-electron chi connectivity index (χ4n) is 0.418. The molecular weight excluding hydrogens is 114 g/mol. The average molecular weight is 127 g/mol. The molecule has 0 spiro atoms. The standard InChI is InChI=1S/C7H13NO/c1-6(8-3)5-7(2)9-4/h5H,1-4H3. The summed E-state index contributed by atoms with van der Waals surface area (Å²) in [6, 6.07) is 0. The number of rotatable bonds is 2. The van der Waals surface area contributed by atoms with Gasteiger partial charge in [0, 0.05) is 12.8 Å². The summed E-state index contributed by atoms with van der Waals surface area (Å²) < 4.78 is 4.90. The summed E-state index contributed by atoms with van der Waals surface area (Å²) in [5, 5.41) is 0. The molecule has 2 heteroatoms. The van der Waals surface area contributed by atoms with Gasteiger partial charge >= 0.3 is 0 Å². The van der Waals surface area contributed by atoms with Crippen LogP contribution in [0, 0.1) is 0 Å². The van der Waals surface area contributed by atoms with Crippen molar-refractivity contribution in [1.82, 2.24) is 0 Å². The monoisotopic (exact) mass is 127 g/mol. The normalized spacial score (nSPS) is 13.8. The van der Waals surface area contributed by atoms with Crippen LogP contribution in [0.1, 0.15) is 13.8 Å². The van der Waals surface area contributed by atoms with Gasteiger partial charge in [-0.05, 0) is 19.9 Å². The van der Waals surface area contributed by atoms with Crippen LogP contribution in [0.2, 0.25) is 0 Å². The van der Waals surface area contributed by atoms with Gasteiger partial charge in [-0.3, -0.25) is 4.99 Å². The molecule has 0 aliphatic rings. The van der Waals surface area contributed by atoms with Crippen molar-refractivity contribution in [2.75, 3.05) is 14.2 Å². The third kappa shape index (κ3) is 3.76. The van der Waals surface area contributed by atoms with Crippen LogP contribution in [0.4, 0.5) is 0 Å². The van der Waals surface area contributed by atoms with Gasteiger partial charge in [-0.1, -0.05) is 0 Å². The predicted octanol–water partition coefficient (Wildman–Crippen LogP) is 1.63. The molecule has 0 aliphatic heterocycles. The number of methoxy groups -OCH3 is 1. The Labute approximate surface area is 56.2 Å². The lowest BCUT2D eigenvalue weighted by Crippen LogP contribution is -1.87. The Morgan fingerprint density at radius 3 is 2.33 bits per heavy atom. The zero-order valence-corrected chi connectivity index (χ0v) is 6.43. The Kier molecular flexibility index (Phi) is 3.76. The molecule has 0 aromatic carbocycles. The largest absolute Gasteiger partial charge is 0.501 e. The average Bonchev–Trinajstić information content (AvgIpc) is 1.87. The van der Waals surface area contributed by atoms with Crippen LogP contribution in [0.25, 0.3) is 0 Å². The summed E-state index contributed by atoms with van der Waals surface area (Å²) >= 11 is 0. The van der Waals surface area contributed by atoms with E-state index in [1.807, 2.05) is 19.9 Å². The Morgan fingerprint density at radius 1 is 1.44 bits per heavy atom. The van der Waals surface area contributed by atoms with Crippen LogP contribution >= 0.6 is 0 Å². The number of allylic oxidation sites excluding steroid dienone is 2. The topological polar surface area (TPSA) is 21.6 Å². The van der Waals surface area contributed by atoms with Gasteiger partial charge in [0.1, 0.15) is 0 Å². The maximum Gasteiger partial charge on any atom is 0.0942 e. The quantitative estimate of drug-likeness (QED) is 0.408. The van der Waals surface area contributed by atoms with Gasteiger partial charge in [-0.25, -0.2) is 0 Å². The Bertz CT molecular complexity index is 136. The Hall–Kier alpha value is -0.790. The van der Waals surface area contributed by atoms with Crippen molar-refractivity contribution in [3.8, 4) is 0 Å². The van der Waals surface area contributed by atoms with Gasteiger partial charge < -0.3 is 4.74 Å². The molecule has 0 saturated carbocycles. The number of hydrogen-bond donors (Lipinski definition) is 0. The zero-order chi connectivity index (χ0) is 7.28. The molecule has 0 saturated heterocycles.